The zero-order valence-electron chi connectivity index (χ0n) is 12.7. The minimum atomic E-state index is -0.168. The number of anilines is 2. The topological polar surface area (TPSA) is 77.2 Å². The average Bonchev–Trinajstić information content (AvgIpc) is 2.46. The summed E-state index contributed by atoms with van der Waals surface area (Å²) in [6, 6.07) is 5.53. The molecule has 0 spiro atoms. The molecule has 0 aliphatic carbocycles. The van der Waals surface area contributed by atoms with Crippen molar-refractivity contribution in [2.24, 2.45) is 0 Å². The fourth-order valence-corrected chi connectivity index (χ4v) is 2.09. The molecule has 1 aromatic carbocycles. The van der Waals surface area contributed by atoms with Crippen molar-refractivity contribution in [1.29, 1.82) is 0 Å². The van der Waals surface area contributed by atoms with Crippen LogP contribution in [0.4, 0.5) is 11.4 Å². The molecule has 2 rings (SSSR count). The van der Waals surface area contributed by atoms with Gasteiger partial charge >= 0.3 is 0 Å². The van der Waals surface area contributed by atoms with Crippen molar-refractivity contribution in [2.45, 2.75) is 27.2 Å². The molecule has 21 heavy (non-hydrogen) atoms. The third kappa shape index (κ3) is 3.49. The second-order valence-electron chi connectivity index (χ2n) is 5.07. The van der Waals surface area contributed by atoms with E-state index < -0.39 is 0 Å². The van der Waals surface area contributed by atoms with E-state index in [0.717, 1.165) is 28.6 Å². The highest BCUT2D eigenvalue weighted by molar-refractivity contribution is 5.98. The number of carbonyl (C=O) groups excluding carboxylic acids is 1. The summed E-state index contributed by atoms with van der Waals surface area (Å²) >= 11 is 0. The Hall–Kier alpha value is -2.14. The van der Waals surface area contributed by atoms with Gasteiger partial charge in [0.05, 0.1) is 5.52 Å². The Bertz CT molecular complexity index is 668. The van der Waals surface area contributed by atoms with Crippen LogP contribution in [0.2, 0.25) is 0 Å². The quantitative estimate of drug-likeness (QED) is 0.829. The van der Waals surface area contributed by atoms with Gasteiger partial charge in [0.25, 0.3) is 0 Å². The average molecular weight is 287 g/mol. The molecule has 1 aromatic heterocycles. The molecule has 5 heteroatoms. The summed E-state index contributed by atoms with van der Waals surface area (Å²) < 4.78 is 5.21. The molecule has 0 radical (unpaired) electrons. The highest BCUT2D eigenvalue weighted by Crippen LogP contribution is 2.27. The number of benzene rings is 1. The van der Waals surface area contributed by atoms with Gasteiger partial charge in [-0.25, -0.2) is 0 Å². The van der Waals surface area contributed by atoms with E-state index >= 15 is 0 Å². The Labute approximate surface area is 124 Å². The van der Waals surface area contributed by atoms with Crippen LogP contribution in [0, 0.1) is 13.8 Å². The third-order valence-electron chi connectivity index (χ3n) is 3.39. The number of nitrogens with one attached hydrogen (secondary N) is 1. The zero-order valence-corrected chi connectivity index (χ0v) is 12.7. The number of rotatable bonds is 5. The van der Waals surface area contributed by atoms with Gasteiger partial charge in [-0.3, -0.25) is 9.78 Å². The van der Waals surface area contributed by atoms with Crippen molar-refractivity contribution in [3.8, 4) is 0 Å². The molecule has 1 heterocycles. The summed E-state index contributed by atoms with van der Waals surface area (Å²) in [5.41, 5.74) is 10.3. The van der Waals surface area contributed by atoms with Crippen molar-refractivity contribution < 1.29 is 9.53 Å². The number of fused-ring (bicyclic) bond motifs is 1. The minimum Gasteiger partial charge on any atom is -0.398 e. The van der Waals surface area contributed by atoms with Crippen LogP contribution in [-0.2, 0) is 9.53 Å². The largest absolute Gasteiger partial charge is 0.398 e. The Morgan fingerprint density at radius 1 is 1.38 bits per heavy atom. The number of carbonyl (C=O) groups is 1. The zero-order chi connectivity index (χ0) is 15.4. The number of aryl methyl sites for hydroxylation is 1. The van der Waals surface area contributed by atoms with Crippen LogP contribution in [0.1, 0.15) is 24.6 Å². The summed E-state index contributed by atoms with van der Waals surface area (Å²) in [6.45, 7) is 6.53. The van der Waals surface area contributed by atoms with Crippen LogP contribution in [0.3, 0.4) is 0 Å². The maximum Gasteiger partial charge on any atom is 0.250 e. The lowest BCUT2D eigenvalue weighted by Crippen LogP contribution is -2.18. The number of aromatic nitrogens is 1. The van der Waals surface area contributed by atoms with Crippen molar-refractivity contribution in [3.05, 3.63) is 29.5 Å². The number of hydrogen-bond acceptors (Lipinski definition) is 4. The van der Waals surface area contributed by atoms with E-state index in [0.29, 0.717) is 18.0 Å². The first-order chi connectivity index (χ1) is 10.0. The Morgan fingerprint density at radius 2 is 2.14 bits per heavy atom. The molecule has 3 N–H and O–H groups in total. The SMILES string of the molecule is CCCOCC(=O)Nc1ccc2nc(C)c(C)c(N)c2c1. The van der Waals surface area contributed by atoms with Crippen LogP contribution < -0.4 is 11.1 Å². The molecular formula is C16H21N3O2. The third-order valence-corrected chi connectivity index (χ3v) is 3.39. The number of amides is 1. The van der Waals surface area contributed by atoms with Gasteiger partial charge in [0.2, 0.25) is 5.91 Å². The molecule has 2 aromatic rings. The molecule has 0 saturated heterocycles. The van der Waals surface area contributed by atoms with Crippen molar-refractivity contribution >= 4 is 28.2 Å². The molecule has 0 saturated carbocycles. The van der Waals surface area contributed by atoms with E-state index in [4.69, 9.17) is 10.5 Å². The highest BCUT2D eigenvalue weighted by atomic mass is 16.5. The number of hydrogen-bond donors (Lipinski definition) is 2. The smallest absolute Gasteiger partial charge is 0.250 e. The Balaban J connectivity index is 2.21. The number of nitrogens with zero attached hydrogens (tertiary/aromatic N) is 1. The number of nitrogens with two attached hydrogens (primary N) is 1. The van der Waals surface area contributed by atoms with Crippen molar-refractivity contribution in [2.75, 3.05) is 24.3 Å². The molecule has 0 aliphatic rings. The van der Waals surface area contributed by atoms with Gasteiger partial charge in [0.15, 0.2) is 0 Å². The molecule has 112 valence electrons. The summed E-state index contributed by atoms with van der Waals surface area (Å²) in [5.74, 6) is -0.168. The van der Waals surface area contributed by atoms with Crippen molar-refractivity contribution in [3.63, 3.8) is 0 Å². The summed E-state index contributed by atoms with van der Waals surface area (Å²) in [6.07, 6.45) is 0.893. The Kier molecular flexibility index (Phi) is 4.75. The first-order valence-electron chi connectivity index (χ1n) is 7.07. The van der Waals surface area contributed by atoms with Gasteiger partial charge < -0.3 is 15.8 Å². The predicted molar refractivity (Wildman–Crippen MR) is 85.4 cm³/mol. The van der Waals surface area contributed by atoms with Crippen LogP contribution in [0.25, 0.3) is 10.9 Å². The normalized spacial score (nSPS) is 10.8. The minimum absolute atomic E-state index is 0.0620. The van der Waals surface area contributed by atoms with Gasteiger partial charge in [-0.1, -0.05) is 6.92 Å². The maximum absolute atomic E-state index is 11.7. The van der Waals surface area contributed by atoms with Crippen LogP contribution in [0.15, 0.2) is 18.2 Å². The predicted octanol–water partition coefficient (Wildman–Crippen LogP) is 2.80. The molecular weight excluding hydrogens is 266 g/mol. The van der Waals surface area contributed by atoms with Gasteiger partial charge in [-0.15, -0.1) is 0 Å². The summed E-state index contributed by atoms with van der Waals surface area (Å²) in [4.78, 5) is 16.2. The monoisotopic (exact) mass is 287 g/mol. The van der Waals surface area contributed by atoms with Crippen LogP contribution in [0.5, 0.6) is 0 Å². The summed E-state index contributed by atoms with van der Waals surface area (Å²) in [5, 5.41) is 3.66. The first kappa shape index (κ1) is 15.3. The number of ether oxygens (including phenoxy) is 1. The van der Waals surface area contributed by atoms with E-state index in [2.05, 4.69) is 10.3 Å². The van der Waals surface area contributed by atoms with Crippen LogP contribution in [-0.4, -0.2) is 24.1 Å². The number of nitrogen functional groups attached to an aromatic ring is 1. The lowest BCUT2D eigenvalue weighted by Gasteiger charge is -2.11. The molecule has 1 amide bonds. The Morgan fingerprint density at radius 3 is 2.86 bits per heavy atom. The molecule has 0 unspecified atom stereocenters. The fraction of sp³-hybridized carbons (Fsp3) is 0.375. The van der Waals surface area contributed by atoms with E-state index in [1.165, 1.54) is 0 Å². The lowest BCUT2D eigenvalue weighted by atomic mass is 10.1. The molecule has 5 nitrogen and oxygen atoms in total. The molecule has 0 atom stereocenters. The fourth-order valence-electron chi connectivity index (χ4n) is 2.09. The van der Waals surface area contributed by atoms with Gasteiger partial charge in [0.1, 0.15) is 6.61 Å². The molecule has 0 aliphatic heterocycles. The van der Waals surface area contributed by atoms with E-state index in [1.54, 1.807) is 0 Å². The lowest BCUT2D eigenvalue weighted by molar-refractivity contribution is -0.120. The van der Waals surface area contributed by atoms with E-state index in [1.807, 2.05) is 39.0 Å². The van der Waals surface area contributed by atoms with Crippen LogP contribution >= 0.6 is 0 Å². The van der Waals surface area contributed by atoms with E-state index in [9.17, 15) is 4.79 Å². The highest BCUT2D eigenvalue weighted by Gasteiger charge is 2.08. The second-order valence-corrected chi connectivity index (χ2v) is 5.07. The van der Waals surface area contributed by atoms with Crippen molar-refractivity contribution in [1.82, 2.24) is 4.98 Å². The standard InChI is InChI=1S/C16H21N3O2/c1-4-7-21-9-15(20)19-12-5-6-14-13(8-12)16(17)10(2)11(3)18-14/h5-6,8H,4,7,9H2,1-3H3,(H2,17,18)(H,19,20). The molecule has 0 bridgehead atoms. The maximum atomic E-state index is 11.7. The second kappa shape index (κ2) is 6.54. The first-order valence-corrected chi connectivity index (χ1v) is 7.07. The van der Waals surface area contributed by atoms with Gasteiger partial charge in [0, 0.05) is 29.1 Å². The van der Waals surface area contributed by atoms with E-state index in [-0.39, 0.29) is 12.5 Å². The number of pyridine rings is 1. The molecule has 0 fully saturated rings. The summed E-state index contributed by atoms with van der Waals surface area (Å²) in [7, 11) is 0. The van der Waals surface area contributed by atoms with Gasteiger partial charge in [-0.05, 0) is 44.0 Å². The van der Waals surface area contributed by atoms with Gasteiger partial charge in [-0.2, -0.15) is 0 Å².